The number of fused-ring (bicyclic) bond motifs is 10. The maximum Gasteiger partial charge on any atom is 0.165 e. The van der Waals surface area contributed by atoms with Crippen molar-refractivity contribution in [2.45, 2.75) is 0 Å². The summed E-state index contributed by atoms with van der Waals surface area (Å²) in [4.78, 5) is 0. The van der Waals surface area contributed by atoms with E-state index in [2.05, 4.69) is 201 Å². The van der Waals surface area contributed by atoms with Gasteiger partial charge in [-0.2, -0.15) is 5.10 Å². The molecule has 0 bridgehead atoms. The molecule has 5 nitrogen and oxygen atoms in total. The van der Waals surface area contributed by atoms with Gasteiger partial charge in [-0.15, -0.1) is 5.10 Å². The third-order valence-electron chi connectivity index (χ3n) is 12.5. The minimum Gasteiger partial charge on any atom is -0.454 e. The van der Waals surface area contributed by atoms with Crippen molar-refractivity contribution in [3.8, 4) is 44.9 Å². The average molecular weight is 779 g/mol. The Bertz CT molecular complexity index is 3890. The van der Waals surface area contributed by atoms with Crippen LogP contribution in [0.25, 0.3) is 121 Å². The van der Waals surface area contributed by atoms with Crippen LogP contribution in [0.1, 0.15) is 0 Å². The molecule has 0 aliphatic heterocycles. The number of nitrogens with zero attached hydrogens (tertiary/aromatic N) is 4. The maximum atomic E-state index is 6.36. The van der Waals surface area contributed by atoms with Crippen LogP contribution in [0.2, 0.25) is 0 Å². The normalized spacial score (nSPS) is 11.9. The zero-order valence-electron chi connectivity index (χ0n) is 32.8. The highest BCUT2D eigenvalue weighted by Gasteiger charge is 2.19. The molecule has 284 valence electrons. The Labute approximate surface area is 350 Å². The molecule has 13 aromatic rings. The number of para-hydroxylation sites is 4. The monoisotopic (exact) mass is 778 g/mol. The standard InChI is InChI=1S/C56H34N4O/c1-2-15-39(16-3-1)59-49-22-9-6-19-43(49)46-32-35(25-28-52(46)59)36-26-29-53-47(33-36)44-20-7-10-23-50(44)60(53)51-30-27-40(41-17-4-5-18-42(41)51)37-13-12-14-38(31-37)55-56-48(34-57-58-55)45-21-8-11-24-54(45)61-56/h1-34H. The van der Waals surface area contributed by atoms with Gasteiger partial charge in [0.1, 0.15) is 11.3 Å². The molecule has 0 spiro atoms. The Morgan fingerprint density at radius 2 is 0.951 bits per heavy atom. The van der Waals surface area contributed by atoms with E-state index in [4.69, 9.17) is 4.42 Å². The van der Waals surface area contributed by atoms with Crippen LogP contribution in [-0.4, -0.2) is 19.3 Å². The predicted octanol–water partition coefficient (Wildman–Crippen LogP) is 14.7. The summed E-state index contributed by atoms with van der Waals surface area (Å²) in [6, 6.07) is 71.9. The van der Waals surface area contributed by atoms with E-state index in [1.165, 1.54) is 65.5 Å². The third-order valence-corrected chi connectivity index (χ3v) is 12.5. The molecule has 0 N–H and O–H groups in total. The number of hydrogen-bond acceptors (Lipinski definition) is 3. The molecule has 0 saturated carbocycles. The Morgan fingerprint density at radius 1 is 0.361 bits per heavy atom. The molecule has 0 unspecified atom stereocenters. The second-order valence-corrected chi connectivity index (χ2v) is 15.8. The number of rotatable bonds is 5. The maximum absolute atomic E-state index is 6.36. The van der Waals surface area contributed by atoms with Crippen LogP contribution in [0.4, 0.5) is 0 Å². The molecule has 4 aromatic heterocycles. The van der Waals surface area contributed by atoms with Crippen LogP contribution < -0.4 is 0 Å². The lowest BCUT2D eigenvalue weighted by Crippen LogP contribution is -1.96. The SMILES string of the molecule is c1ccc(-n2c3ccccc3c3cc(-c4ccc5c(c4)c4ccccc4n5-c4ccc(-c5cccc(-c6nncc7c6oc6ccccc67)c5)c5ccccc45)ccc32)cc1. The smallest absolute Gasteiger partial charge is 0.165 e. The Morgan fingerprint density at radius 3 is 1.70 bits per heavy atom. The summed E-state index contributed by atoms with van der Waals surface area (Å²) < 4.78 is 11.2. The van der Waals surface area contributed by atoms with Crippen LogP contribution in [0.3, 0.4) is 0 Å². The molecule has 0 atom stereocenters. The summed E-state index contributed by atoms with van der Waals surface area (Å²) in [6.07, 6.45) is 1.79. The number of furan rings is 1. The van der Waals surface area contributed by atoms with E-state index in [1.807, 2.05) is 18.2 Å². The topological polar surface area (TPSA) is 48.8 Å². The van der Waals surface area contributed by atoms with Crippen molar-refractivity contribution in [3.05, 3.63) is 206 Å². The van der Waals surface area contributed by atoms with Crippen molar-refractivity contribution in [1.82, 2.24) is 19.3 Å². The van der Waals surface area contributed by atoms with Crippen molar-refractivity contribution in [1.29, 1.82) is 0 Å². The van der Waals surface area contributed by atoms with Gasteiger partial charge in [0, 0.05) is 43.6 Å². The van der Waals surface area contributed by atoms with Crippen molar-refractivity contribution in [2.75, 3.05) is 0 Å². The Kier molecular flexibility index (Phi) is 7.24. The zero-order chi connectivity index (χ0) is 40.0. The number of benzene rings is 9. The van der Waals surface area contributed by atoms with E-state index < -0.39 is 0 Å². The fourth-order valence-corrected chi connectivity index (χ4v) is 9.73. The second-order valence-electron chi connectivity index (χ2n) is 15.8. The molecule has 5 heteroatoms. The minimum atomic E-state index is 0.736. The fraction of sp³-hybridized carbons (Fsp3) is 0. The summed E-state index contributed by atoms with van der Waals surface area (Å²) in [7, 11) is 0. The molecule has 0 radical (unpaired) electrons. The van der Waals surface area contributed by atoms with Gasteiger partial charge < -0.3 is 13.6 Å². The van der Waals surface area contributed by atoms with E-state index >= 15 is 0 Å². The fourth-order valence-electron chi connectivity index (χ4n) is 9.73. The number of aromatic nitrogens is 4. The first-order valence-corrected chi connectivity index (χ1v) is 20.6. The summed E-state index contributed by atoms with van der Waals surface area (Å²) in [6.45, 7) is 0. The molecule has 9 aromatic carbocycles. The molecule has 13 rings (SSSR count). The van der Waals surface area contributed by atoms with Gasteiger partial charge in [-0.1, -0.05) is 133 Å². The lowest BCUT2D eigenvalue weighted by atomic mass is 9.95. The van der Waals surface area contributed by atoms with E-state index in [0.717, 1.165) is 55.7 Å². The van der Waals surface area contributed by atoms with Gasteiger partial charge in [0.25, 0.3) is 0 Å². The quantitative estimate of drug-likeness (QED) is 0.175. The summed E-state index contributed by atoms with van der Waals surface area (Å²) >= 11 is 0. The molecule has 0 fully saturated rings. The van der Waals surface area contributed by atoms with E-state index in [1.54, 1.807) is 6.20 Å². The second kappa shape index (κ2) is 13.1. The number of hydrogen-bond donors (Lipinski definition) is 0. The van der Waals surface area contributed by atoms with Crippen LogP contribution in [0.5, 0.6) is 0 Å². The van der Waals surface area contributed by atoms with Crippen molar-refractivity contribution in [3.63, 3.8) is 0 Å². The highest BCUT2D eigenvalue weighted by Crippen LogP contribution is 2.42. The molecule has 0 amide bonds. The molecular weight excluding hydrogens is 745 g/mol. The highest BCUT2D eigenvalue weighted by molar-refractivity contribution is 6.14. The van der Waals surface area contributed by atoms with Crippen molar-refractivity contribution >= 4 is 76.3 Å². The summed E-state index contributed by atoms with van der Waals surface area (Å²) in [5.41, 5.74) is 15.0. The van der Waals surface area contributed by atoms with E-state index in [-0.39, 0.29) is 0 Å². The van der Waals surface area contributed by atoms with Gasteiger partial charge in [0.05, 0.1) is 39.3 Å². The van der Waals surface area contributed by atoms with Gasteiger partial charge in [-0.05, 0) is 94.4 Å². The molecule has 0 aliphatic rings. The summed E-state index contributed by atoms with van der Waals surface area (Å²) in [5, 5.41) is 18.3. The first kappa shape index (κ1) is 33.7. The molecule has 4 heterocycles. The van der Waals surface area contributed by atoms with Crippen LogP contribution in [0.15, 0.2) is 211 Å². The van der Waals surface area contributed by atoms with Gasteiger partial charge >= 0.3 is 0 Å². The van der Waals surface area contributed by atoms with Gasteiger partial charge in [-0.25, -0.2) is 0 Å². The first-order valence-electron chi connectivity index (χ1n) is 20.6. The summed E-state index contributed by atoms with van der Waals surface area (Å²) in [5.74, 6) is 0. The van der Waals surface area contributed by atoms with E-state index in [0.29, 0.717) is 0 Å². The Hall–Kier alpha value is -8.28. The van der Waals surface area contributed by atoms with Crippen LogP contribution in [-0.2, 0) is 0 Å². The minimum absolute atomic E-state index is 0.736. The van der Waals surface area contributed by atoms with Gasteiger partial charge in [0.15, 0.2) is 5.58 Å². The van der Waals surface area contributed by atoms with Crippen LogP contribution in [0, 0.1) is 0 Å². The lowest BCUT2D eigenvalue weighted by molar-refractivity contribution is 0.666. The Balaban J connectivity index is 0.947. The van der Waals surface area contributed by atoms with Gasteiger partial charge in [-0.3, -0.25) is 0 Å². The predicted molar refractivity (Wildman–Crippen MR) is 252 cm³/mol. The molecule has 0 aliphatic carbocycles. The lowest BCUT2D eigenvalue weighted by Gasteiger charge is -2.15. The molecule has 0 saturated heterocycles. The van der Waals surface area contributed by atoms with Crippen molar-refractivity contribution in [2.24, 2.45) is 0 Å². The molecular formula is C56H34N4O. The first-order chi connectivity index (χ1) is 30.3. The zero-order valence-corrected chi connectivity index (χ0v) is 32.8. The molecule has 61 heavy (non-hydrogen) atoms. The third kappa shape index (κ3) is 5.08. The average Bonchev–Trinajstić information content (AvgIpc) is 3.99. The largest absolute Gasteiger partial charge is 0.454 e. The van der Waals surface area contributed by atoms with Gasteiger partial charge in [0.2, 0.25) is 0 Å². The highest BCUT2D eigenvalue weighted by atomic mass is 16.3. The van der Waals surface area contributed by atoms with E-state index in [9.17, 15) is 0 Å². The van der Waals surface area contributed by atoms with Crippen LogP contribution >= 0.6 is 0 Å². The van der Waals surface area contributed by atoms with Crippen molar-refractivity contribution < 1.29 is 4.42 Å².